The minimum Gasteiger partial charge on any atom is -0.384 e. The number of nitrogens with one attached hydrogen (secondary N) is 2. The van der Waals surface area contributed by atoms with Crippen molar-refractivity contribution in [2.75, 3.05) is 17.6 Å². The molecular formula is C10H12F3N5O. The van der Waals surface area contributed by atoms with Gasteiger partial charge in [-0.3, -0.25) is 4.79 Å². The van der Waals surface area contributed by atoms with Gasteiger partial charge in [-0.25, -0.2) is 9.97 Å². The molecule has 0 radical (unpaired) electrons. The van der Waals surface area contributed by atoms with Gasteiger partial charge >= 0.3 is 6.18 Å². The topological polar surface area (TPSA) is 92.9 Å². The summed E-state index contributed by atoms with van der Waals surface area (Å²) in [4.78, 5) is 17.7. The van der Waals surface area contributed by atoms with Crippen LogP contribution in [0.3, 0.4) is 0 Å². The number of aromatic nitrogens is 2. The van der Waals surface area contributed by atoms with Crippen LogP contribution in [0, 0.1) is 0 Å². The Balaban J connectivity index is 1.99. The van der Waals surface area contributed by atoms with Gasteiger partial charge in [-0.15, -0.1) is 0 Å². The molecule has 1 aliphatic rings. The number of carbonyl (C=O) groups excluding carboxylic acids is 1. The zero-order chi connectivity index (χ0) is 14.0. The van der Waals surface area contributed by atoms with Gasteiger partial charge in [-0.1, -0.05) is 0 Å². The highest BCUT2D eigenvalue weighted by Gasteiger charge is 2.35. The molecule has 6 nitrogen and oxygen atoms in total. The molecule has 1 aromatic heterocycles. The number of nitrogens with two attached hydrogens (primary N) is 1. The zero-order valence-corrected chi connectivity index (χ0v) is 9.79. The lowest BCUT2D eigenvalue weighted by molar-refractivity contribution is -0.144. The van der Waals surface area contributed by atoms with E-state index in [4.69, 9.17) is 5.73 Å². The Bertz CT molecular complexity index is 487. The average Bonchev–Trinajstić information content (AvgIpc) is 3.08. The van der Waals surface area contributed by atoms with Gasteiger partial charge < -0.3 is 16.4 Å². The van der Waals surface area contributed by atoms with Crippen molar-refractivity contribution in [3.8, 4) is 0 Å². The van der Waals surface area contributed by atoms with Crippen LogP contribution in [0.4, 0.5) is 24.8 Å². The largest absolute Gasteiger partial charge is 0.451 e. The van der Waals surface area contributed by atoms with Gasteiger partial charge in [-0.2, -0.15) is 13.2 Å². The fraction of sp³-hybridized carbons (Fsp3) is 0.500. The number of nitrogen functional groups attached to an aromatic ring is 1. The van der Waals surface area contributed by atoms with Gasteiger partial charge in [0.25, 0.3) is 0 Å². The van der Waals surface area contributed by atoms with Crippen LogP contribution in [-0.2, 0) is 11.0 Å². The van der Waals surface area contributed by atoms with Crippen LogP contribution in [0.1, 0.15) is 18.7 Å². The van der Waals surface area contributed by atoms with Crippen LogP contribution in [-0.4, -0.2) is 28.5 Å². The third-order valence-electron chi connectivity index (χ3n) is 2.37. The van der Waals surface area contributed by atoms with E-state index in [1.54, 1.807) is 0 Å². The number of hydrogen-bond acceptors (Lipinski definition) is 5. The molecule has 0 spiro atoms. The molecule has 1 aliphatic carbocycles. The summed E-state index contributed by atoms with van der Waals surface area (Å²) in [5.74, 6) is -2.08. The Morgan fingerprint density at radius 3 is 2.68 bits per heavy atom. The lowest BCUT2D eigenvalue weighted by atomic mass is 10.4. The van der Waals surface area contributed by atoms with Crippen molar-refractivity contribution >= 4 is 17.5 Å². The summed E-state index contributed by atoms with van der Waals surface area (Å²) in [6.45, 7) is -0.162. The van der Waals surface area contributed by atoms with Crippen molar-refractivity contribution < 1.29 is 18.0 Å². The number of alkyl halides is 3. The maximum atomic E-state index is 12.4. The summed E-state index contributed by atoms with van der Waals surface area (Å²) in [7, 11) is 0. The predicted octanol–water partition coefficient (Wildman–Crippen LogP) is 0.768. The SMILES string of the molecule is Nc1cc(NCC(=O)NC2CC2)nc(C(F)(F)F)n1. The molecule has 1 amide bonds. The van der Waals surface area contributed by atoms with E-state index in [1.807, 2.05) is 0 Å². The first kappa shape index (κ1) is 13.4. The van der Waals surface area contributed by atoms with Gasteiger partial charge in [0.1, 0.15) is 11.6 Å². The summed E-state index contributed by atoms with van der Waals surface area (Å²) in [6.07, 6.45) is -2.81. The van der Waals surface area contributed by atoms with Crippen molar-refractivity contribution in [3.63, 3.8) is 0 Å². The minimum atomic E-state index is -4.68. The molecule has 0 saturated heterocycles. The molecule has 19 heavy (non-hydrogen) atoms. The van der Waals surface area contributed by atoms with Crippen molar-refractivity contribution in [1.82, 2.24) is 15.3 Å². The first-order valence-electron chi connectivity index (χ1n) is 5.59. The van der Waals surface area contributed by atoms with E-state index in [9.17, 15) is 18.0 Å². The number of rotatable bonds is 4. The molecule has 1 fully saturated rings. The van der Waals surface area contributed by atoms with Crippen LogP contribution in [0.15, 0.2) is 6.07 Å². The molecule has 104 valence electrons. The summed E-state index contributed by atoms with van der Waals surface area (Å²) in [5.41, 5.74) is 5.26. The second kappa shape index (κ2) is 4.90. The Morgan fingerprint density at radius 1 is 1.42 bits per heavy atom. The van der Waals surface area contributed by atoms with E-state index in [0.717, 1.165) is 18.9 Å². The molecule has 2 rings (SSSR count). The average molecular weight is 275 g/mol. The third-order valence-corrected chi connectivity index (χ3v) is 2.37. The number of anilines is 2. The molecule has 0 unspecified atom stereocenters. The van der Waals surface area contributed by atoms with Crippen molar-refractivity contribution in [1.29, 1.82) is 0 Å². The Hall–Kier alpha value is -2.06. The Labute approximate surface area is 106 Å². The van der Waals surface area contributed by atoms with E-state index >= 15 is 0 Å². The number of carbonyl (C=O) groups is 1. The highest BCUT2D eigenvalue weighted by molar-refractivity contribution is 5.81. The normalized spacial score (nSPS) is 15.1. The summed E-state index contributed by atoms with van der Waals surface area (Å²) in [5, 5.41) is 5.17. The number of hydrogen-bond donors (Lipinski definition) is 3. The lowest BCUT2D eigenvalue weighted by Gasteiger charge is -2.10. The van der Waals surface area contributed by atoms with Crippen LogP contribution in [0.25, 0.3) is 0 Å². The number of nitrogens with zero attached hydrogens (tertiary/aromatic N) is 2. The molecule has 0 atom stereocenters. The molecule has 4 N–H and O–H groups in total. The smallest absolute Gasteiger partial charge is 0.384 e. The van der Waals surface area contributed by atoms with Crippen LogP contribution in [0.5, 0.6) is 0 Å². The van der Waals surface area contributed by atoms with Crippen molar-refractivity contribution in [2.24, 2.45) is 0 Å². The standard InChI is InChI=1S/C10H12F3N5O/c11-10(12,13)9-17-6(14)3-7(18-9)15-4-8(19)16-5-1-2-5/h3,5H,1-2,4H2,(H,16,19)(H3,14,15,17,18). The molecule has 1 aromatic rings. The number of halogens is 3. The second-order valence-electron chi connectivity index (χ2n) is 4.19. The van der Waals surface area contributed by atoms with E-state index in [1.165, 1.54) is 0 Å². The van der Waals surface area contributed by atoms with Crippen LogP contribution >= 0.6 is 0 Å². The molecule has 0 aliphatic heterocycles. The Kier molecular flexibility index (Phi) is 3.45. The summed E-state index contributed by atoms with van der Waals surface area (Å²) < 4.78 is 37.3. The summed E-state index contributed by atoms with van der Waals surface area (Å²) >= 11 is 0. The molecule has 0 bridgehead atoms. The van der Waals surface area contributed by atoms with Gasteiger partial charge in [0.2, 0.25) is 11.7 Å². The molecule has 0 aromatic carbocycles. The van der Waals surface area contributed by atoms with Gasteiger partial charge in [0.15, 0.2) is 0 Å². The van der Waals surface area contributed by atoms with Crippen molar-refractivity contribution in [3.05, 3.63) is 11.9 Å². The first-order chi connectivity index (χ1) is 8.84. The number of amides is 1. The minimum absolute atomic E-state index is 0.134. The molecular weight excluding hydrogens is 263 g/mol. The van der Waals surface area contributed by atoms with Crippen molar-refractivity contribution in [2.45, 2.75) is 25.1 Å². The maximum Gasteiger partial charge on any atom is 0.451 e. The lowest BCUT2D eigenvalue weighted by Crippen LogP contribution is -2.31. The summed E-state index contributed by atoms with van der Waals surface area (Å²) in [6, 6.07) is 1.33. The van der Waals surface area contributed by atoms with Gasteiger partial charge in [0, 0.05) is 12.1 Å². The van der Waals surface area contributed by atoms with Crippen LogP contribution in [0.2, 0.25) is 0 Å². The quantitative estimate of drug-likeness (QED) is 0.754. The molecule has 1 saturated carbocycles. The van der Waals surface area contributed by atoms with Gasteiger partial charge in [-0.05, 0) is 12.8 Å². The fourth-order valence-electron chi connectivity index (χ4n) is 1.36. The molecule has 9 heteroatoms. The van der Waals surface area contributed by atoms with E-state index in [2.05, 4.69) is 20.6 Å². The predicted molar refractivity (Wildman–Crippen MR) is 61.1 cm³/mol. The monoisotopic (exact) mass is 275 g/mol. The van der Waals surface area contributed by atoms with E-state index in [-0.39, 0.29) is 30.1 Å². The van der Waals surface area contributed by atoms with Gasteiger partial charge in [0.05, 0.1) is 6.54 Å². The maximum absolute atomic E-state index is 12.4. The fourth-order valence-corrected chi connectivity index (χ4v) is 1.36. The van der Waals surface area contributed by atoms with E-state index < -0.39 is 12.0 Å². The first-order valence-corrected chi connectivity index (χ1v) is 5.59. The van der Waals surface area contributed by atoms with E-state index in [0.29, 0.717) is 0 Å². The highest BCUT2D eigenvalue weighted by Crippen LogP contribution is 2.27. The Morgan fingerprint density at radius 2 is 2.11 bits per heavy atom. The highest BCUT2D eigenvalue weighted by atomic mass is 19.4. The molecule has 1 heterocycles. The zero-order valence-electron chi connectivity index (χ0n) is 9.79. The van der Waals surface area contributed by atoms with Crippen LogP contribution < -0.4 is 16.4 Å². The third kappa shape index (κ3) is 3.97. The second-order valence-corrected chi connectivity index (χ2v) is 4.19.